The number of hydrogen-bond acceptors (Lipinski definition) is 1. The largest absolute Gasteiger partial charge is 0.304 e. The molecule has 1 aromatic heterocycles. The van der Waals surface area contributed by atoms with Crippen LogP contribution in [0.3, 0.4) is 0 Å². The molecule has 0 saturated carbocycles. The van der Waals surface area contributed by atoms with Crippen LogP contribution in [0.2, 0.25) is 0 Å². The minimum Gasteiger partial charge on any atom is -0.304 e. The van der Waals surface area contributed by atoms with Crippen molar-refractivity contribution in [3.63, 3.8) is 0 Å². The van der Waals surface area contributed by atoms with Crippen LogP contribution in [0.15, 0.2) is 24.4 Å². The maximum Gasteiger partial charge on any atom is 0.0201 e. The van der Waals surface area contributed by atoms with Gasteiger partial charge in [0.2, 0.25) is 0 Å². The SMILES string of the molecule is CC1(C)CC(C)(C)c2cc(-c3[c-]cc4c(c3)C(C)(C)C(C)(C)C4(C)C)ncc21.[Ir]. The number of pyridine rings is 1. The van der Waals surface area contributed by atoms with Gasteiger partial charge in [0.1, 0.15) is 0 Å². The summed E-state index contributed by atoms with van der Waals surface area (Å²) in [6, 6.07) is 10.5. The maximum atomic E-state index is 4.90. The third-order valence-electron chi connectivity index (χ3n) is 8.94. The Hall–Kier alpha value is -0.981. The van der Waals surface area contributed by atoms with Crippen LogP contribution in [0.4, 0.5) is 0 Å². The topological polar surface area (TPSA) is 12.9 Å². The summed E-state index contributed by atoms with van der Waals surface area (Å²) in [4.78, 5) is 4.90. The molecule has 29 heavy (non-hydrogen) atoms. The molecule has 0 atom stereocenters. The molecule has 1 aromatic carbocycles. The molecule has 0 spiro atoms. The Morgan fingerprint density at radius 1 is 0.724 bits per heavy atom. The van der Waals surface area contributed by atoms with Gasteiger partial charge in [0.05, 0.1) is 0 Å². The van der Waals surface area contributed by atoms with Gasteiger partial charge in [-0.1, -0.05) is 75.3 Å². The number of nitrogens with zero attached hydrogens (tertiary/aromatic N) is 1. The molecule has 2 aliphatic carbocycles. The van der Waals surface area contributed by atoms with Crippen LogP contribution in [-0.2, 0) is 41.8 Å². The number of fused-ring (bicyclic) bond motifs is 2. The van der Waals surface area contributed by atoms with E-state index in [1.807, 2.05) is 0 Å². The first-order valence-corrected chi connectivity index (χ1v) is 10.7. The maximum absolute atomic E-state index is 4.90. The molecule has 0 saturated heterocycles. The summed E-state index contributed by atoms with van der Waals surface area (Å²) in [5.41, 5.74) is 8.74. The molecule has 0 amide bonds. The first kappa shape index (κ1) is 22.7. The van der Waals surface area contributed by atoms with Crippen LogP contribution in [0.1, 0.15) is 97.9 Å². The first-order chi connectivity index (χ1) is 12.6. The molecule has 159 valence electrons. The molecule has 4 rings (SSSR count). The molecule has 2 heteroatoms. The second-order valence-electron chi connectivity index (χ2n) is 12.1. The van der Waals surface area contributed by atoms with Gasteiger partial charge in [-0.05, 0) is 50.3 Å². The minimum atomic E-state index is 0. The molecule has 2 aromatic rings. The van der Waals surface area contributed by atoms with Gasteiger partial charge >= 0.3 is 0 Å². The summed E-state index contributed by atoms with van der Waals surface area (Å²) in [7, 11) is 0. The van der Waals surface area contributed by atoms with Gasteiger partial charge in [0.25, 0.3) is 0 Å². The van der Waals surface area contributed by atoms with E-state index >= 15 is 0 Å². The fourth-order valence-electron chi connectivity index (χ4n) is 6.13. The van der Waals surface area contributed by atoms with Gasteiger partial charge < -0.3 is 4.98 Å². The molecule has 1 nitrogen and oxygen atoms in total. The fraction of sp³-hybridized carbons (Fsp3) is 0.593. The van der Waals surface area contributed by atoms with Gasteiger partial charge in [-0.25, -0.2) is 0 Å². The molecule has 0 fully saturated rings. The van der Waals surface area contributed by atoms with Crippen LogP contribution >= 0.6 is 0 Å². The Bertz CT molecular complexity index is 976. The predicted octanol–water partition coefficient (Wildman–Crippen LogP) is 7.10. The monoisotopic (exact) mass is 567 g/mol. The van der Waals surface area contributed by atoms with Crippen molar-refractivity contribution in [2.45, 2.75) is 97.3 Å². The van der Waals surface area contributed by atoms with Gasteiger partial charge in [-0.2, -0.15) is 0 Å². The molecule has 2 aliphatic rings. The van der Waals surface area contributed by atoms with Crippen molar-refractivity contribution >= 4 is 0 Å². The normalized spacial score (nSPS) is 23.8. The van der Waals surface area contributed by atoms with Crippen LogP contribution in [0.25, 0.3) is 11.3 Å². The van der Waals surface area contributed by atoms with Gasteiger partial charge in [0.15, 0.2) is 0 Å². The predicted molar refractivity (Wildman–Crippen MR) is 119 cm³/mol. The molecule has 0 bridgehead atoms. The second kappa shape index (κ2) is 6.27. The van der Waals surface area contributed by atoms with E-state index in [9.17, 15) is 0 Å². The first-order valence-electron chi connectivity index (χ1n) is 10.7. The third kappa shape index (κ3) is 2.85. The zero-order chi connectivity index (χ0) is 20.9. The molecule has 0 unspecified atom stereocenters. The third-order valence-corrected chi connectivity index (χ3v) is 8.94. The fourth-order valence-corrected chi connectivity index (χ4v) is 6.13. The van der Waals surface area contributed by atoms with E-state index in [4.69, 9.17) is 4.98 Å². The van der Waals surface area contributed by atoms with E-state index in [0.717, 1.165) is 11.3 Å². The van der Waals surface area contributed by atoms with Crippen molar-refractivity contribution in [3.8, 4) is 11.3 Å². The molecule has 0 N–H and O–H groups in total. The van der Waals surface area contributed by atoms with E-state index in [0.29, 0.717) is 0 Å². The summed E-state index contributed by atoms with van der Waals surface area (Å²) in [5.74, 6) is 0. The van der Waals surface area contributed by atoms with E-state index in [1.165, 1.54) is 28.7 Å². The van der Waals surface area contributed by atoms with Crippen LogP contribution in [0.5, 0.6) is 0 Å². The van der Waals surface area contributed by atoms with Crippen molar-refractivity contribution in [1.29, 1.82) is 0 Å². The number of rotatable bonds is 1. The Morgan fingerprint density at radius 2 is 1.28 bits per heavy atom. The van der Waals surface area contributed by atoms with E-state index in [1.54, 1.807) is 0 Å². The quantitative estimate of drug-likeness (QED) is 0.336. The van der Waals surface area contributed by atoms with Gasteiger partial charge in [-0.3, -0.25) is 0 Å². The van der Waals surface area contributed by atoms with Gasteiger partial charge in [0, 0.05) is 26.3 Å². The molecule has 1 radical (unpaired) electrons. The van der Waals surface area contributed by atoms with Crippen molar-refractivity contribution in [1.82, 2.24) is 4.98 Å². The average Bonchev–Trinajstić information content (AvgIpc) is 2.83. The van der Waals surface area contributed by atoms with Crippen molar-refractivity contribution in [3.05, 3.63) is 52.7 Å². The van der Waals surface area contributed by atoms with Crippen molar-refractivity contribution < 1.29 is 20.1 Å². The number of aromatic nitrogens is 1. The average molecular weight is 567 g/mol. The molecular weight excluding hydrogens is 531 g/mol. The van der Waals surface area contributed by atoms with Gasteiger partial charge in [-0.15, -0.1) is 34.9 Å². The minimum absolute atomic E-state index is 0. The summed E-state index contributed by atoms with van der Waals surface area (Å²) in [6.45, 7) is 23.8. The Labute approximate surface area is 191 Å². The van der Waals surface area contributed by atoms with Crippen LogP contribution in [-0.4, -0.2) is 4.98 Å². The summed E-state index contributed by atoms with van der Waals surface area (Å²) < 4.78 is 0. The smallest absolute Gasteiger partial charge is 0.0201 e. The summed E-state index contributed by atoms with van der Waals surface area (Å²) in [5, 5.41) is 0. The van der Waals surface area contributed by atoms with Crippen molar-refractivity contribution in [2.75, 3.05) is 0 Å². The Morgan fingerprint density at radius 3 is 1.90 bits per heavy atom. The van der Waals surface area contributed by atoms with E-state index in [-0.39, 0.29) is 47.2 Å². The molecule has 1 heterocycles. The van der Waals surface area contributed by atoms with Crippen LogP contribution < -0.4 is 0 Å². The van der Waals surface area contributed by atoms with Crippen LogP contribution in [0, 0.1) is 11.5 Å². The molecular formula is C27H36IrN-. The standard InChI is InChI=1S/C27H36N.Ir/c1-23(2)16-24(3,4)21-15-28-22(14-19(21)23)17-11-12-18-20(13-17)26(7,8)27(9,10)25(18,5)6;/h12-15H,16H2,1-10H3;/q-1;. The Kier molecular flexibility index (Phi) is 4.91. The number of benzene rings is 1. The Balaban J connectivity index is 0.00000240. The molecule has 0 aliphatic heterocycles. The summed E-state index contributed by atoms with van der Waals surface area (Å²) in [6.07, 6.45) is 3.29. The number of hydrogen-bond donors (Lipinski definition) is 0. The summed E-state index contributed by atoms with van der Waals surface area (Å²) >= 11 is 0. The van der Waals surface area contributed by atoms with E-state index < -0.39 is 0 Å². The zero-order valence-corrected chi connectivity index (χ0v) is 22.2. The second-order valence-corrected chi connectivity index (χ2v) is 12.1. The van der Waals surface area contributed by atoms with E-state index in [2.05, 4.69) is 99.7 Å². The zero-order valence-electron chi connectivity index (χ0n) is 19.8. The van der Waals surface area contributed by atoms with Crippen molar-refractivity contribution in [2.24, 2.45) is 5.41 Å².